The van der Waals surface area contributed by atoms with Gasteiger partial charge in [0, 0.05) is 41.2 Å². The maximum Gasteiger partial charge on any atom is 0 e. The summed E-state index contributed by atoms with van der Waals surface area (Å²) in [5, 5.41) is 0. The van der Waals surface area contributed by atoms with Crippen molar-refractivity contribution < 1.29 is 41.2 Å². The van der Waals surface area contributed by atoms with Crippen LogP contribution in [0.3, 0.4) is 0 Å². The minimum absolute atomic E-state index is 0. The molecule has 0 atom stereocenters. The van der Waals surface area contributed by atoms with E-state index in [1.165, 1.54) is 57.9 Å². The van der Waals surface area contributed by atoms with Crippen LogP contribution in [0.25, 0.3) is 0 Å². The standard InChI is InChI=1S/C12H27N.Ru.Ti/c1-4-5-6-7-8-9-10-11-12-13(2)3;;/h4-12H2,1-3H3;;. The maximum absolute atomic E-state index is 2.27. The molecule has 0 aromatic carbocycles. The third-order valence-electron chi connectivity index (χ3n) is 2.46. The van der Waals surface area contributed by atoms with Crippen molar-refractivity contribution in [3.05, 3.63) is 0 Å². The average molecular weight is 334 g/mol. The first kappa shape index (κ1) is 21.6. The minimum Gasteiger partial charge on any atom is -0.309 e. The summed E-state index contributed by atoms with van der Waals surface area (Å²) in [5.74, 6) is 0. The van der Waals surface area contributed by atoms with Gasteiger partial charge in [-0.15, -0.1) is 0 Å². The maximum atomic E-state index is 2.27. The number of hydrogen-bond donors (Lipinski definition) is 0. The van der Waals surface area contributed by atoms with Gasteiger partial charge in [-0.3, -0.25) is 0 Å². The average Bonchev–Trinajstić information content (AvgIpc) is 2.09. The zero-order valence-corrected chi connectivity index (χ0v) is 14.0. The van der Waals surface area contributed by atoms with Crippen LogP contribution in [-0.2, 0) is 41.2 Å². The summed E-state index contributed by atoms with van der Waals surface area (Å²) >= 11 is 0. The van der Waals surface area contributed by atoms with Gasteiger partial charge >= 0.3 is 0 Å². The van der Waals surface area contributed by atoms with Crippen molar-refractivity contribution in [2.24, 2.45) is 0 Å². The fourth-order valence-electron chi connectivity index (χ4n) is 1.56. The SMILES string of the molecule is CCCCCCCCCCN(C)C.[Ru].[Ti]. The molecule has 92 valence electrons. The van der Waals surface area contributed by atoms with Crippen molar-refractivity contribution in [3.63, 3.8) is 0 Å². The smallest absolute Gasteiger partial charge is 0 e. The van der Waals surface area contributed by atoms with Gasteiger partial charge in [0.25, 0.3) is 0 Å². The molecule has 0 unspecified atom stereocenters. The van der Waals surface area contributed by atoms with E-state index < -0.39 is 0 Å². The van der Waals surface area contributed by atoms with Gasteiger partial charge in [-0.25, -0.2) is 0 Å². The van der Waals surface area contributed by atoms with Crippen molar-refractivity contribution in [1.29, 1.82) is 0 Å². The predicted molar refractivity (Wildman–Crippen MR) is 61.2 cm³/mol. The van der Waals surface area contributed by atoms with E-state index in [1.807, 2.05) is 0 Å². The Morgan fingerprint density at radius 2 is 1.13 bits per heavy atom. The first-order valence-electron chi connectivity index (χ1n) is 5.92. The van der Waals surface area contributed by atoms with Crippen LogP contribution in [0, 0.1) is 0 Å². The van der Waals surface area contributed by atoms with E-state index in [0.29, 0.717) is 0 Å². The van der Waals surface area contributed by atoms with Crippen LogP contribution in [-0.4, -0.2) is 25.5 Å². The van der Waals surface area contributed by atoms with Gasteiger partial charge in [0.05, 0.1) is 0 Å². The molecule has 0 saturated heterocycles. The van der Waals surface area contributed by atoms with E-state index in [1.54, 1.807) is 0 Å². The first-order valence-corrected chi connectivity index (χ1v) is 5.92. The Labute approximate surface area is 124 Å². The second kappa shape index (κ2) is 17.7. The molecule has 0 bridgehead atoms. The molecular formula is C12H27NRuTi. The molecule has 15 heavy (non-hydrogen) atoms. The Morgan fingerprint density at radius 1 is 0.733 bits per heavy atom. The fourth-order valence-corrected chi connectivity index (χ4v) is 1.56. The van der Waals surface area contributed by atoms with Gasteiger partial charge in [-0.2, -0.15) is 0 Å². The Kier molecular flexibility index (Phi) is 25.4. The molecule has 0 N–H and O–H groups in total. The van der Waals surface area contributed by atoms with Gasteiger partial charge in [-0.1, -0.05) is 51.9 Å². The zero-order chi connectivity index (χ0) is 9.94. The molecule has 0 radical (unpaired) electrons. The second-order valence-electron chi connectivity index (χ2n) is 4.28. The summed E-state index contributed by atoms with van der Waals surface area (Å²) in [6.45, 7) is 3.53. The van der Waals surface area contributed by atoms with E-state index >= 15 is 0 Å². The van der Waals surface area contributed by atoms with Gasteiger partial charge in [0.2, 0.25) is 0 Å². The van der Waals surface area contributed by atoms with Gasteiger partial charge in [0.1, 0.15) is 0 Å². The van der Waals surface area contributed by atoms with E-state index in [0.717, 1.165) is 0 Å². The topological polar surface area (TPSA) is 3.24 Å². The van der Waals surface area contributed by atoms with E-state index in [2.05, 4.69) is 25.9 Å². The van der Waals surface area contributed by atoms with E-state index in [9.17, 15) is 0 Å². The van der Waals surface area contributed by atoms with Crippen LogP contribution in [0.4, 0.5) is 0 Å². The number of rotatable bonds is 9. The van der Waals surface area contributed by atoms with Gasteiger partial charge in [0.15, 0.2) is 0 Å². The summed E-state index contributed by atoms with van der Waals surface area (Å²) in [6, 6.07) is 0. The van der Waals surface area contributed by atoms with Gasteiger partial charge in [-0.05, 0) is 27.1 Å². The molecule has 0 aliphatic heterocycles. The molecule has 0 saturated carbocycles. The summed E-state index contributed by atoms with van der Waals surface area (Å²) in [7, 11) is 4.31. The van der Waals surface area contributed by atoms with Crippen LogP contribution in [0.5, 0.6) is 0 Å². The normalized spacial score (nSPS) is 9.60. The molecule has 0 aromatic heterocycles. The summed E-state index contributed by atoms with van der Waals surface area (Å²) in [6.07, 6.45) is 11.4. The van der Waals surface area contributed by atoms with E-state index in [4.69, 9.17) is 0 Å². The van der Waals surface area contributed by atoms with Crippen LogP contribution in [0.2, 0.25) is 0 Å². The summed E-state index contributed by atoms with van der Waals surface area (Å²) < 4.78 is 0. The molecule has 0 aliphatic rings. The van der Waals surface area contributed by atoms with Crippen molar-refractivity contribution in [3.8, 4) is 0 Å². The molecular weight excluding hydrogens is 307 g/mol. The van der Waals surface area contributed by atoms with Crippen molar-refractivity contribution in [2.75, 3.05) is 20.6 Å². The molecule has 0 spiro atoms. The molecule has 0 heterocycles. The van der Waals surface area contributed by atoms with Gasteiger partial charge < -0.3 is 4.90 Å². The molecule has 0 aromatic rings. The largest absolute Gasteiger partial charge is 0.309 e. The minimum atomic E-state index is 0. The molecule has 3 heteroatoms. The number of nitrogens with zero attached hydrogens (tertiary/aromatic N) is 1. The predicted octanol–water partition coefficient (Wildman–Crippen LogP) is 3.68. The van der Waals surface area contributed by atoms with E-state index in [-0.39, 0.29) is 41.2 Å². The monoisotopic (exact) mass is 335 g/mol. The Bertz CT molecular complexity index is 99.6. The third kappa shape index (κ3) is 21.2. The van der Waals surface area contributed by atoms with Crippen LogP contribution >= 0.6 is 0 Å². The number of hydrogen-bond acceptors (Lipinski definition) is 1. The molecule has 0 rings (SSSR count). The molecule has 0 aliphatic carbocycles. The van der Waals surface area contributed by atoms with Crippen LogP contribution in [0.15, 0.2) is 0 Å². The number of unbranched alkanes of at least 4 members (excludes halogenated alkanes) is 7. The Hall–Kier alpha value is 1.30. The summed E-state index contributed by atoms with van der Waals surface area (Å²) in [4.78, 5) is 2.27. The van der Waals surface area contributed by atoms with Crippen molar-refractivity contribution in [2.45, 2.75) is 58.3 Å². The third-order valence-corrected chi connectivity index (χ3v) is 2.46. The zero-order valence-electron chi connectivity index (χ0n) is 10.7. The van der Waals surface area contributed by atoms with Crippen molar-refractivity contribution >= 4 is 0 Å². The van der Waals surface area contributed by atoms with Crippen molar-refractivity contribution in [1.82, 2.24) is 4.90 Å². The summed E-state index contributed by atoms with van der Waals surface area (Å²) in [5.41, 5.74) is 0. The first-order chi connectivity index (χ1) is 6.27. The molecule has 1 nitrogen and oxygen atoms in total. The Balaban J connectivity index is -0.000000720. The Morgan fingerprint density at radius 3 is 1.53 bits per heavy atom. The quantitative estimate of drug-likeness (QED) is 0.459. The van der Waals surface area contributed by atoms with Crippen LogP contribution < -0.4 is 0 Å². The fraction of sp³-hybridized carbons (Fsp3) is 1.00. The second-order valence-corrected chi connectivity index (χ2v) is 4.28. The molecule has 0 fully saturated rings. The van der Waals surface area contributed by atoms with Crippen LogP contribution in [0.1, 0.15) is 58.3 Å². The molecule has 0 amide bonds.